The van der Waals surface area contributed by atoms with Gasteiger partial charge < -0.3 is 10.0 Å². The molecule has 0 saturated heterocycles. The predicted octanol–water partition coefficient (Wildman–Crippen LogP) is 2.75. The summed E-state index contributed by atoms with van der Waals surface area (Å²) in [6, 6.07) is 11.2. The molecule has 2 aromatic rings. The Kier molecular flexibility index (Phi) is 5.56. The number of carbonyl (C=O) groups excluding carboxylic acids is 1. The van der Waals surface area contributed by atoms with Gasteiger partial charge in [-0.15, -0.1) is 11.3 Å². The molecular weight excluding hydrogens is 282 g/mol. The van der Waals surface area contributed by atoms with Gasteiger partial charge in [-0.2, -0.15) is 0 Å². The summed E-state index contributed by atoms with van der Waals surface area (Å²) in [4.78, 5) is 14.9. The molecule has 0 bridgehead atoms. The molecule has 4 heteroatoms. The van der Waals surface area contributed by atoms with E-state index in [4.69, 9.17) is 5.11 Å². The maximum absolute atomic E-state index is 12.2. The van der Waals surface area contributed by atoms with Crippen LogP contribution in [0, 0.1) is 11.8 Å². The van der Waals surface area contributed by atoms with E-state index < -0.39 is 0 Å². The monoisotopic (exact) mass is 299 g/mol. The molecule has 3 nitrogen and oxygen atoms in total. The SMILES string of the molecule is CN(Cc1csc(C#CCCO)c1)C(=O)c1ccccc1. The maximum atomic E-state index is 12.2. The fourth-order valence-corrected chi connectivity index (χ4v) is 2.65. The fraction of sp³-hybridized carbons (Fsp3) is 0.235. The highest BCUT2D eigenvalue weighted by Crippen LogP contribution is 2.16. The Morgan fingerprint density at radius 1 is 1.33 bits per heavy atom. The Bertz CT molecular complexity index is 652. The minimum Gasteiger partial charge on any atom is -0.395 e. The van der Waals surface area contributed by atoms with Crippen LogP contribution in [0.4, 0.5) is 0 Å². The Labute approximate surface area is 128 Å². The average molecular weight is 299 g/mol. The van der Waals surface area contributed by atoms with Crippen molar-refractivity contribution in [1.82, 2.24) is 4.90 Å². The second-order valence-corrected chi connectivity index (χ2v) is 5.53. The molecule has 1 amide bonds. The van der Waals surface area contributed by atoms with Crippen LogP contribution >= 0.6 is 11.3 Å². The smallest absolute Gasteiger partial charge is 0.253 e. The van der Waals surface area contributed by atoms with Crippen LogP contribution in [0.25, 0.3) is 0 Å². The molecular formula is C17H17NO2S. The summed E-state index contributed by atoms with van der Waals surface area (Å²) in [7, 11) is 1.80. The van der Waals surface area contributed by atoms with Crippen molar-refractivity contribution in [3.63, 3.8) is 0 Å². The van der Waals surface area contributed by atoms with Crippen molar-refractivity contribution < 1.29 is 9.90 Å². The van der Waals surface area contributed by atoms with E-state index in [0.29, 0.717) is 18.5 Å². The normalized spacial score (nSPS) is 9.81. The lowest BCUT2D eigenvalue weighted by molar-refractivity contribution is 0.0785. The van der Waals surface area contributed by atoms with Crippen LogP contribution in [0.5, 0.6) is 0 Å². The maximum Gasteiger partial charge on any atom is 0.253 e. The van der Waals surface area contributed by atoms with Crippen LogP contribution in [-0.2, 0) is 6.54 Å². The number of hydrogen-bond donors (Lipinski definition) is 1. The van der Waals surface area contributed by atoms with E-state index >= 15 is 0 Å². The van der Waals surface area contributed by atoms with Crippen LogP contribution < -0.4 is 0 Å². The summed E-state index contributed by atoms with van der Waals surface area (Å²) >= 11 is 1.56. The zero-order chi connectivity index (χ0) is 15.1. The van der Waals surface area contributed by atoms with Gasteiger partial charge in [-0.1, -0.05) is 30.0 Å². The highest BCUT2D eigenvalue weighted by atomic mass is 32.1. The molecule has 1 aromatic heterocycles. The highest BCUT2D eigenvalue weighted by molar-refractivity contribution is 7.10. The number of rotatable bonds is 4. The van der Waals surface area contributed by atoms with Crippen LogP contribution in [-0.4, -0.2) is 29.6 Å². The van der Waals surface area contributed by atoms with Gasteiger partial charge in [0.25, 0.3) is 5.91 Å². The molecule has 0 aliphatic carbocycles. The summed E-state index contributed by atoms with van der Waals surface area (Å²) in [6.45, 7) is 0.644. The van der Waals surface area contributed by atoms with Crippen molar-refractivity contribution in [2.45, 2.75) is 13.0 Å². The highest BCUT2D eigenvalue weighted by Gasteiger charge is 2.12. The minimum atomic E-state index is 0.00900. The number of thiophene rings is 1. The van der Waals surface area contributed by atoms with Gasteiger partial charge in [-0.3, -0.25) is 4.79 Å². The van der Waals surface area contributed by atoms with Crippen LogP contribution in [0.3, 0.4) is 0 Å². The molecule has 0 fully saturated rings. The van der Waals surface area contributed by atoms with Gasteiger partial charge in [0.15, 0.2) is 0 Å². The van der Waals surface area contributed by atoms with Crippen molar-refractivity contribution in [3.8, 4) is 11.8 Å². The zero-order valence-corrected chi connectivity index (χ0v) is 12.7. The first-order valence-electron chi connectivity index (χ1n) is 6.68. The first-order chi connectivity index (χ1) is 10.2. The van der Waals surface area contributed by atoms with Crippen molar-refractivity contribution in [3.05, 3.63) is 57.8 Å². The fourth-order valence-electron chi connectivity index (χ4n) is 1.88. The van der Waals surface area contributed by atoms with Gasteiger partial charge in [0, 0.05) is 25.6 Å². The second kappa shape index (κ2) is 7.63. The van der Waals surface area contributed by atoms with Crippen molar-refractivity contribution >= 4 is 17.2 Å². The van der Waals surface area contributed by atoms with Gasteiger partial charge in [-0.25, -0.2) is 0 Å². The lowest BCUT2D eigenvalue weighted by Crippen LogP contribution is -2.25. The summed E-state index contributed by atoms with van der Waals surface area (Å²) in [6.07, 6.45) is 0.486. The van der Waals surface area contributed by atoms with E-state index in [0.717, 1.165) is 10.4 Å². The number of nitrogens with zero attached hydrogens (tertiary/aromatic N) is 1. The van der Waals surface area contributed by atoms with Gasteiger partial charge in [0.1, 0.15) is 0 Å². The minimum absolute atomic E-state index is 0.00900. The summed E-state index contributed by atoms with van der Waals surface area (Å²) in [5, 5.41) is 10.7. The molecule has 0 aliphatic heterocycles. The van der Waals surface area contributed by atoms with Crippen molar-refractivity contribution in [2.24, 2.45) is 0 Å². The van der Waals surface area contributed by atoms with Crippen LogP contribution in [0.1, 0.15) is 27.2 Å². The van der Waals surface area contributed by atoms with Crippen molar-refractivity contribution in [2.75, 3.05) is 13.7 Å². The van der Waals surface area contributed by atoms with E-state index in [1.54, 1.807) is 23.3 Å². The zero-order valence-electron chi connectivity index (χ0n) is 11.9. The predicted molar refractivity (Wildman–Crippen MR) is 85.1 cm³/mol. The lowest BCUT2D eigenvalue weighted by Gasteiger charge is -2.16. The Morgan fingerprint density at radius 2 is 2.10 bits per heavy atom. The van der Waals surface area contributed by atoms with Crippen LogP contribution in [0.2, 0.25) is 0 Å². The first-order valence-corrected chi connectivity index (χ1v) is 7.56. The Balaban J connectivity index is 1.99. The molecule has 0 spiro atoms. The molecule has 2 rings (SSSR count). The van der Waals surface area contributed by atoms with E-state index in [1.807, 2.05) is 41.8 Å². The standard InChI is InChI=1S/C17H17NO2S/c1-18(17(20)15-7-3-2-4-8-15)12-14-11-16(21-13-14)9-5-6-10-19/h2-4,7-8,11,13,19H,6,10,12H2,1H3. The molecule has 0 unspecified atom stereocenters. The molecule has 1 N–H and O–H groups in total. The summed E-state index contributed by atoms with van der Waals surface area (Å²) in [5.74, 6) is 5.91. The molecule has 1 heterocycles. The average Bonchev–Trinajstić information content (AvgIpc) is 2.95. The number of amides is 1. The molecule has 0 atom stereocenters. The topological polar surface area (TPSA) is 40.5 Å². The number of carbonyl (C=O) groups is 1. The summed E-state index contributed by atoms with van der Waals surface area (Å²) < 4.78 is 0. The summed E-state index contributed by atoms with van der Waals surface area (Å²) in [5.41, 5.74) is 1.76. The molecule has 1 aromatic carbocycles. The molecule has 0 aliphatic rings. The van der Waals surface area contributed by atoms with Gasteiger partial charge in [0.2, 0.25) is 0 Å². The number of benzene rings is 1. The van der Waals surface area contributed by atoms with Gasteiger partial charge >= 0.3 is 0 Å². The second-order valence-electron chi connectivity index (χ2n) is 4.62. The first kappa shape index (κ1) is 15.3. The Morgan fingerprint density at radius 3 is 2.81 bits per heavy atom. The van der Waals surface area contributed by atoms with Gasteiger partial charge in [-0.05, 0) is 29.1 Å². The largest absolute Gasteiger partial charge is 0.395 e. The van der Waals surface area contributed by atoms with E-state index in [1.165, 1.54) is 0 Å². The third-order valence-corrected chi connectivity index (χ3v) is 3.78. The quantitative estimate of drug-likeness (QED) is 0.882. The van der Waals surface area contributed by atoms with Crippen LogP contribution in [0.15, 0.2) is 41.8 Å². The van der Waals surface area contributed by atoms with Crippen molar-refractivity contribution in [1.29, 1.82) is 0 Å². The molecule has 108 valence electrons. The third kappa shape index (κ3) is 4.45. The third-order valence-electron chi connectivity index (χ3n) is 2.89. The van der Waals surface area contributed by atoms with E-state index in [2.05, 4.69) is 11.8 Å². The number of aliphatic hydroxyl groups excluding tert-OH is 1. The van der Waals surface area contributed by atoms with E-state index in [-0.39, 0.29) is 12.5 Å². The number of hydrogen-bond acceptors (Lipinski definition) is 3. The molecule has 0 saturated carbocycles. The lowest BCUT2D eigenvalue weighted by atomic mass is 10.2. The number of aliphatic hydroxyl groups is 1. The van der Waals surface area contributed by atoms with Gasteiger partial charge in [0.05, 0.1) is 11.5 Å². The molecule has 21 heavy (non-hydrogen) atoms. The molecule has 0 radical (unpaired) electrons. The Hall–Kier alpha value is -2.09. The van der Waals surface area contributed by atoms with E-state index in [9.17, 15) is 4.79 Å².